The van der Waals surface area contributed by atoms with E-state index in [0.717, 1.165) is 12.8 Å². The largest absolute Gasteiger partial charge is 0.480 e. The molecule has 114 valence electrons. The Labute approximate surface area is 128 Å². The third-order valence-corrected chi connectivity index (χ3v) is 6.62. The number of hydrogen-bond acceptors (Lipinski definition) is 4. The van der Waals surface area contributed by atoms with Gasteiger partial charge in [0.1, 0.15) is 6.04 Å². The summed E-state index contributed by atoms with van der Waals surface area (Å²) in [5, 5.41) is 12.1. The number of urea groups is 1. The topological polar surface area (TPSA) is 69.6 Å². The number of carboxylic acid groups (broad SMARTS) is 1. The molecule has 5 nitrogen and oxygen atoms in total. The van der Waals surface area contributed by atoms with E-state index < -0.39 is 12.0 Å². The predicted octanol–water partition coefficient (Wildman–Crippen LogP) is 2.22. The zero-order valence-electron chi connectivity index (χ0n) is 11.8. The molecule has 1 saturated carbocycles. The molecule has 2 aliphatic rings. The molecule has 2 N–H and O–H groups in total. The number of aliphatic carboxylic acids is 1. The van der Waals surface area contributed by atoms with E-state index in [0.29, 0.717) is 18.2 Å². The average Bonchev–Trinajstić information content (AvgIpc) is 2.95. The van der Waals surface area contributed by atoms with Crippen molar-refractivity contribution in [3.8, 4) is 0 Å². The van der Waals surface area contributed by atoms with Crippen LogP contribution in [0.4, 0.5) is 4.79 Å². The van der Waals surface area contributed by atoms with Gasteiger partial charge in [-0.15, -0.1) is 11.8 Å². The molecule has 1 aliphatic carbocycles. The Bertz CT molecular complexity index is 373. The Balaban J connectivity index is 1.89. The molecule has 1 unspecified atom stereocenters. The molecule has 0 aromatic carbocycles. The number of thioether (sulfide) groups is 2. The van der Waals surface area contributed by atoms with Crippen molar-refractivity contribution in [2.75, 3.05) is 24.4 Å². The van der Waals surface area contributed by atoms with Gasteiger partial charge in [0.25, 0.3) is 0 Å². The Morgan fingerprint density at radius 3 is 2.70 bits per heavy atom. The van der Waals surface area contributed by atoms with Crippen LogP contribution in [0, 0.1) is 0 Å². The maximum Gasteiger partial charge on any atom is 0.327 e. The smallest absolute Gasteiger partial charge is 0.327 e. The number of carboxylic acids is 1. The van der Waals surface area contributed by atoms with E-state index in [-0.39, 0.29) is 10.8 Å². The summed E-state index contributed by atoms with van der Waals surface area (Å²) in [6.07, 6.45) is 8.07. The Hall–Kier alpha value is -0.560. The normalized spacial score (nSPS) is 25.4. The minimum atomic E-state index is -0.914. The molecule has 0 bridgehead atoms. The molecule has 1 heterocycles. The molecule has 0 radical (unpaired) electrons. The van der Waals surface area contributed by atoms with Crippen LogP contribution in [-0.4, -0.2) is 57.2 Å². The number of nitrogens with one attached hydrogen (secondary N) is 1. The summed E-state index contributed by atoms with van der Waals surface area (Å²) in [5.41, 5.74) is 0. The standard InChI is InChI=1S/C13H22N2O3S2/c1-19-13(5-3-2-4-6-13)8-14-12(18)15-9-20-7-10(15)11(16)17/h10H,2-9H2,1H3,(H,14,18)(H,16,17). The number of nitrogens with zero attached hydrogens (tertiary/aromatic N) is 1. The second-order valence-electron chi connectivity index (χ2n) is 5.43. The van der Waals surface area contributed by atoms with Crippen LogP contribution in [0.5, 0.6) is 0 Å². The predicted molar refractivity (Wildman–Crippen MR) is 83.3 cm³/mol. The first kappa shape index (κ1) is 15.8. The van der Waals surface area contributed by atoms with Crippen molar-refractivity contribution in [2.45, 2.75) is 42.9 Å². The number of carbonyl (C=O) groups excluding carboxylic acids is 1. The highest BCUT2D eigenvalue weighted by molar-refractivity contribution is 8.00. The van der Waals surface area contributed by atoms with Gasteiger partial charge in [0.2, 0.25) is 0 Å². The van der Waals surface area contributed by atoms with Crippen molar-refractivity contribution in [3.05, 3.63) is 0 Å². The van der Waals surface area contributed by atoms with Crippen LogP contribution in [0.1, 0.15) is 32.1 Å². The van der Waals surface area contributed by atoms with Gasteiger partial charge in [-0.3, -0.25) is 0 Å². The van der Waals surface area contributed by atoms with Crippen molar-refractivity contribution in [3.63, 3.8) is 0 Å². The lowest BCUT2D eigenvalue weighted by Gasteiger charge is -2.36. The summed E-state index contributed by atoms with van der Waals surface area (Å²) >= 11 is 3.32. The minimum Gasteiger partial charge on any atom is -0.480 e. The maximum absolute atomic E-state index is 12.2. The van der Waals surface area contributed by atoms with E-state index in [2.05, 4.69) is 11.6 Å². The first-order valence-electron chi connectivity index (χ1n) is 6.98. The second-order valence-corrected chi connectivity index (χ2v) is 7.70. The van der Waals surface area contributed by atoms with Crippen LogP contribution in [0.2, 0.25) is 0 Å². The molecular formula is C13H22N2O3S2. The average molecular weight is 318 g/mol. The van der Waals surface area contributed by atoms with E-state index in [4.69, 9.17) is 5.11 Å². The molecule has 1 saturated heterocycles. The van der Waals surface area contributed by atoms with Crippen molar-refractivity contribution >= 4 is 35.5 Å². The number of rotatable bonds is 4. The zero-order valence-corrected chi connectivity index (χ0v) is 13.4. The van der Waals surface area contributed by atoms with Crippen LogP contribution in [0.25, 0.3) is 0 Å². The molecule has 7 heteroatoms. The van der Waals surface area contributed by atoms with E-state index in [9.17, 15) is 9.59 Å². The quantitative estimate of drug-likeness (QED) is 0.832. The first-order valence-corrected chi connectivity index (χ1v) is 9.36. The van der Waals surface area contributed by atoms with Crippen molar-refractivity contribution < 1.29 is 14.7 Å². The van der Waals surface area contributed by atoms with Gasteiger partial charge < -0.3 is 15.3 Å². The molecule has 0 aromatic rings. The highest BCUT2D eigenvalue weighted by Crippen LogP contribution is 2.38. The number of hydrogen-bond donors (Lipinski definition) is 2. The van der Waals surface area contributed by atoms with E-state index in [1.807, 2.05) is 11.8 Å². The van der Waals surface area contributed by atoms with E-state index >= 15 is 0 Å². The molecule has 1 atom stereocenters. The molecule has 1 aliphatic heterocycles. The van der Waals surface area contributed by atoms with E-state index in [1.165, 1.54) is 35.9 Å². The van der Waals surface area contributed by atoms with Crippen LogP contribution < -0.4 is 5.32 Å². The third-order valence-electron chi connectivity index (χ3n) is 4.19. The lowest BCUT2D eigenvalue weighted by atomic mass is 9.88. The second kappa shape index (κ2) is 6.93. The highest BCUT2D eigenvalue weighted by Gasteiger charge is 2.36. The molecule has 0 spiro atoms. The van der Waals surface area contributed by atoms with Crippen molar-refractivity contribution in [1.29, 1.82) is 0 Å². The Kier molecular flexibility index (Phi) is 5.49. The third kappa shape index (κ3) is 3.55. The summed E-state index contributed by atoms with van der Waals surface area (Å²) in [7, 11) is 0. The van der Waals surface area contributed by atoms with Gasteiger partial charge in [0, 0.05) is 17.0 Å². The minimum absolute atomic E-state index is 0.138. The van der Waals surface area contributed by atoms with Crippen LogP contribution in [0.15, 0.2) is 0 Å². The summed E-state index contributed by atoms with van der Waals surface area (Å²) in [5.74, 6) is 0.0354. The monoisotopic (exact) mass is 318 g/mol. The molecule has 2 amide bonds. The van der Waals surface area contributed by atoms with Crippen LogP contribution >= 0.6 is 23.5 Å². The van der Waals surface area contributed by atoms with Gasteiger partial charge in [0.05, 0.1) is 5.88 Å². The summed E-state index contributed by atoms with van der Waals surface area (Å²) in [6, 6.07) is -0.919. The Morgan fingerprint density at radius 1 is 1.40 bits per heavy atom. The van der Waals surface area contributed by atoms with Gasteiger partial charge in [-0.1, -0.05) is 19.3 Å². The van der Waals surface area contributed by atoms with Crippen LogP contribution in [0.3, 0.4) is 0 Å². The zero-order chi connectivity index (χ0) is 14.6. The summed E-state index contributed by atoms with van der Waals surface area (Å²) < 4.78 is 0.138. The lowest BCUT2D eigenvalue weighted by molar-refractivity contribution is -0.140. The van der Waals surface area contributed by atoms with Gasteiger partial charge in [-0.05, 0) is 19.1 Å². The van der Waals surface area contributed by atoms with Gasteiger partial charge >= 0.3 is 12.0 Å². The molecule has 20 heavy (non-hydrogen) atoms. The molecule has 0 aromatic heterocycles. The lowest BCUT2D eigenvalue weighted by Crippen LogP contribution is -2.50. The summed E-state index contributed by atoms with van der Waals surface area (Å²) in [6.45, 7) is 0.639. The number of amides is 2. The first-order chi connectivity index (χ1) is 9.58. The van der Waals surface area contributed by atoms with Gasteiger partial charge in [-0.25, -0.2) is 9.59 Å². The fourth-order valence-electron chi connectivity index (χ4n) is 2.83. The fraction of sp³-hybridized carbons (Fsp3) is 0.846. The van der Waals surface area contributed by atoms with Crippen LogP contribution in [-0.2, 0) is 4.79 Å². The fourth-order valence-corrected chi connectivity index (χ4v) is 4.89. The van der Waals surface area contributed by atoms with Crippen molar-refractivity contribution in [1.82, 2.24) is 10.2 Å². The molecule has 2 fully saturated rings. The van der Waals surface area contributed by atoms with E-state index in [1.54, 1.807) is 0 Å². The number of carbonyl (C=O) groups is 2. The van der Waals surface area contributed by atoms with Gasteiger partial charge in [-0.2, -0.15) is 11.8 Å². The maximum atomic E-state index is 12.2. The highest BCUT2D eigenvalue weighted by atomic mass is 32.2. The molecule has 2 rings (SSSR count). The SMILES string of the molecule is CSC1(CNC(=O)N2CSCC2C(=O)O)CCCCC1. The molecular weight excluding hydrogens is 296 g/mol. The Morgan fingerprint density at radius 2 is 2.10 bits per heavy atom. The summed E-state index contributed by atoms with van der Waals surface area (Å²) in [4.78, 5) is 24.7. The van der Waals surface area contributed by atoms with Gasteiger partial charge in [0.15, 0.2) is 0 Å². The van der Waals surface area contributed by atoms with Crippen molar-refractivity contribution in [2.24, 2.45) is 0 Å².